The molecule has 2 aliphatic rings. The molecular formula is C50H39N11O13S5. The van der Waals surface area contributed by atoms with E-state index >= 15 is 0 Å². The Kier molecular flexibility index (Phi) is 15.2. The van der Waals surface area contributed by atoms with Gasteiger partial charge in [-0.2, -0.15) is 49.2 Å². The average Bonchev–Trinajstić information content (AvgIpc) is 3.98. The van der Waals surface area contributed by atoms with Crippen LogP contribution < -0.4 is 15.4 Å². The Balaban J connectivity index is 1.09. The van der Waals surface area contributed by atoms with Crippen molar-refractivity contribution in [2.45, 2.75) is 23.6 Å². The van der Waals surface area contributed by atoms with Crippen molar-refractivity contribution in [3.05, 3.63) is 166 Å². The minimum Gasteiger partial charge on any atom is -0.494 e. The molecule has 0 radical (unpaired) electrons. The number of anilines is 4. The highest BCUT2D eigenvalue weighted by Gasteiger charge is 2.39. The summed E-state index contributed by atoms with van der Waals surface area (Å²) in [5.74, 6) is -2.22. The lowest BCUT2D eigenvalue weighted by atomic mass is 9.84. The number of allylic oxidation sites excluding steroid dienone is 7. The molecule has 2 atom stereocenters. The first-order valence-electron chi connectivity index (χ1n) is 22.7. The lowest BCUT2D eigenvalue weighted by Gasteiger charge is -2.29. The van der Waals surface area contributed by atoms with E-state index in [1.54, 1.807) is 19.9 Å². The van der Waals surface area contributed by atoms with Gasteiger partial charge in [0, 0.05) is 40.4 Å². The van der Waals surface area contributed by atoms with Gasteiger partial charge in [-0.05, 0) is 109 Å². The summed E-state index contributed by atoms with van der Waals surface area (Å²) < 4.78 is 141. The number of aryl methyl sites for hydroxylation is 1. The smallest absolute Gasteiger partial charge is 0.294 e. The zero-order valence-electron chi connectivity index (χ0n) is 40.9. The van der Waals surface area contributed by atoms with Gasteiger partial charge in [-0.25, -0.2) is 9.97 Å². The Morgan fingerprint density at radius 2 is 1.27 bits per heavy atom. The fourth-order valence-corrected chi connectivity index (χ4v) is 11.6. The summed E-state index contributed by atoms with van der Waals surface area (Å²) in [6.45, 7) is 3.25. The molecule has 2 heterocycles. The molecule has 0 amide bonds. The monoisotopic (exact) mass is 1160 g/mol. The third-order valence-corrected chi connectivity index (χ3v) is 16.6. The van der Waals surface area contributed by atoms with Crippen molar-refractivity contribution < 1.29 is 56.6 Å². The number of hydrogen-bond acceptors (Lipinski definition) is 21. The van der Waals surface area contributed by atoms with Crippen LogP contribution in [0.5, 0.6) is 5.75 Å². The Morgan fingerprint density at radius 1 is 0.646 bits per heavy atom. The van der Waals surface area contributed by atoms with Crippen molar-refractivity contribution in [1.82, 2.24) is 9.97 Å². The molecule has 7 aromatic rings. The highest BCUT2D eigenvalue weighted by molar-refractivity contribution is 7.90. The maximum Gasteiger partial charge on any atom is 0.294 e. The van der Waals surface area contributed by atoms with Gasteiger partial charge >= 0.3 is 0 Å². The van der Waals surface area contributed by atoms with E-state index in [-0.39, 0.29) is 82.6 Å². The van der Waals surface area contributed by atoms with Crippen LogP contribution in [0.25, 0.3) is 22.0 Å². The van der Waals surface area contributed by atoms with Crippen LogP contribution in [0.15, 0.2) is 189 Å². The minimum absolute atomic E-state index is 0.00146. The number of benzene rings is 5. The maximum atomic E-state index is 12.4. The van der Waals surface area contributed by atoms with Crippen molar-refractivity contribution in [2.75, 3.05) is 17.7 Å². The Labute approximate surface area is 454 Å². The van der Waals surface area contributed by atoms with Gasteiger partial charge in [0.1, 0.15) is 28.9 Å². The van der Waals surface area contributed by atoms with Gasteiger partial charge in [0.05, 0.1) is 43.7 Å². The van der Waals surface area contributed by atoms with E-state index < -0.39 is 62.1 Å². The molecule has 0 spiro atoms. The number of nitrogens with zero attached hydrogens (tertiary/aromatic N) is 9. The highest BCUT2D eigenvalue weighted by atomic mass is 32.2. The zero-order valence-corrected chi connectivity index (χ0v) is 45.0. The Hall–Kier alpha value is -8.57. The van der Waals surface area contributed by atoms with E-state index in [1.807, 2.05) is 42.5 Å². The lowest BCUT2D eigenvalue weighted by molar-refractivity contribution is 0.416. The number of rotatable bonds is 16. The summed E-state index contributed by atoms with van der Waals surface area (Å²) in [5, 5.41) is 45.2. The van der Waals surface area contributed by atoms with Crippen LogP contribution in [0.3, 0.4) is 0 Å². The molecule has 402 valence electrons. The largest absolute Gasteiger partial charge is 0.494 e. The molecule has 0 saturated heterocycles. The summed E-state index contributed by atoms with van der Waals surface area (Å²) in [7, 11) is -17.3. The average molecular weight is 1160 g/mol. The summed E-state index contributed by atoms with van der Waals surface area (Å²) in [6, 6.07) is 28.5. The fraction of sp³-hybridized carbons (Fsp3) is 0.100. The molecule has 0 bridgehead atoms. The third kappa shape index (κ3) is 12.3. The molecule has 6 N–H and O–H groups in total. The second-order valence-corrected chi connectivity index (χ2v) is 23.9. The first-order chi connectivity index (χ1) is 37.4. The van der Waals surface area contributed by atoms with Gasteiger partial charge in [-0.3, -0.25) is 18.2 Å². The molecule has 2 unspecified atom stereocenters. The maximum absolute atomic E-state index is 12.4. The highest BCUT2D eigenvalue weighted by Crippen LogP contribution is 2.46. The number of nitrogens with one attached hydrogen (secondary N) is 2. The molecule has 29 heteroatoms. The number of methoxy groups -OCH3 is 1. The second-order valence-electron chi connectivity index (χ2n) is 17.2. The van der Waals surface area contributed by atoms with Crippen molar-refractivity contribution in [2.24, 2.45) is 42.5 Å². The molecule has 9 rings (SSSR count). The molecule has 5 aromatic carbocycles. The van der Waals surface area contributed by atoms with Gasteiger partial charge in [0.2, 0.25) is 5.13 Å². The van der Waals surface area contributed by atoms with Crippen molar-refractivity contribution in [3.8, 4) is 23.1 Å². The summed E-state index contributed by atoms with van der Waals surface area (Å²) in [5.41, 5.74) is 2.62. The van der Waals surface area contributed by atoms with Crippen LogP contribution in [-0.2, 0) is 40.5 Å². The summed E-state index contributed by atoms with van der Waals surface area (Å²) in [6.07, 6.45) is 6.11. The number of pyridine rings is 1. The van der Waals surface area contributed by atoms with Crippen molar-refractivity contribution in [1.29, 1.82) is 5.26 Å². The van der Waals surface area contributed by atoms with Crippen LogP contribution in [-0.4, -0.2) is 69.0 Å². The topological polar surface area (TPSA) is 374 Å². The molecule has 24 nitrogen and oxygen atoms in total. The Bertz CT molecular complexity index is 4400. The van der Waals surface area contributed by atoms with E-state index in [9.17, 15) is 57.1 Å². The van der Waals surface area contributed by atoms with E-state index in [1.165, 1.54) is 55.7 Å². The first-order valence-corrected chi connectivity index (χ1v) is 29.3. The van der Waals surface area contributed by atoms with Crippen molar-refractivity contribution in [3.63, 3.8) is 0 Å². The quantitative estimate of drug-likeness (QED) is 0.0386. The van der Waals surface area contributed by atoms with Gasteiger partial charge in [-0.1, -0.05) is 59.9 Å². The van der Waals surface area contributed by atoms with E-state index in [0.29, 0.717) is 16.8 Å². The lowest BCUT2D eigenvalue weighted by Crippen LogP contribution is -2.27. The Morgan fingerprint density at radius 3 is 1.87 bits per heavy atom. The SMILES string of the molecule is COc1cc(/N=N/C2=CC3C(S(=O)(=O)O)=CC=CC3C(S(=O)(=O)O)=C2)c(C)cc1/N=N/c1sc(/N=N/c2c(Nc3ccc(S(=O)(=O)O)cc3)nc(Nc3ccc(S(=O)(=O)O)cc3)c(C#N)c2C)nc1-c1ccc2ccccc2c1. The molecule has 0 aliphatic heterocycles. The van der Waals surface area contributed by atoms with E-state index in [4.69, 9.17) is 9.72 Å². The van der Waals surface area contributed by atoms with Crippen LogP contribution in [0.1, 0.15) is 16.7 Å². The number of ether oxygens (including phenoxy) is 1. The van der Waals surface area contributed by atoms with Gasteiger partial charge in [0.25, 0.3) is 40.5 Å². The fourth-order valence-electron chi connectivity index (χ4n) is 8.25. The number of hydrogen-bond donors (Lipinski definition) is 6. The van der Waals surface area contributed by atoms with Crippen LogP contribution in [0.2, 0.25) is 0 Å². The number of fused-ring (bicyclic) bond motifs is 2. The second kappa shape index (κ2) is 21.7. The third-order valence-electron chi connectivity index (χ3n) is 12.1. The normalized spacial score (nSPS) is 15.9. The van der Waals surface area contributed by atoms with Gasteiger partial charge in [0.15, 0.2) is 16.6 Å². The molecular weight excluding hydrogens is 1120 g/mol. The predicted molar refractivity (Wildman–Crippen MR) is 292 cm³/mol. The number of aromatic nitrogens is 2. The van der Waals surface area contributed by atoms with E-state index in [0.717, 1.165) is 58.5 Å². The standard InChI is InChI=1S/C50H39N11O13S5/c1-27-21-41(42(74-3)25-40(27)57-56-34-23-38-37(44(24-34)79(71,72)73)9-6-10-43(38)78(68,69)70)58-60-49-46(31-12-11-29-7-4-5-8-30(29)22-31)54-50(75-49)61-59-45-28(2)39(26-51)47(52-32-13-17-35(18-14-32)76(62,63)64)55-48(45)53-33-15-19-36(20-16-33)77(65,66)67/h4-25,37-38H,1-3H3,(H2,52,53,55)(H,62,63,64)(H,65,66,67)(H,68,69,70)(H,71,72,73)/b57-56+,60-58+,61-59+. The van der Waals surface area contributed by atoms with Gasteiger partial charge in [-0.15, -0.1) is 20.5 Å². The van der Waals surface area contributed by atoms with Crippen LogP contribution in [0, 0.1) is 37.0 Å². The minimum atomic E-state index is -4.87. The molecule has 2 aromatic heterocycles. The van der Waals surface area contributed by atoms with Crippen LogP contribution >= 0.6 is 11.3 Å². The summed E-state index contributed by atoms with van der Waals surface area (Å²) in [4.78, 5) is 7.63. The number of azo groups is 3. The van der Waals surface area contributed by atoms with Crippen LogP contribution in [0.4, 0.5) is 50.2 Å². The zero-order chi connectivity index (χ0) is 56.6. The first kappa shape index (κ1) is 55.2. The van der Waals surface area contributed by atoms with Crippen molar-refractivity contribution >= 4 is 113 Å². The molecule has 79 heavy (non-hydrogen) atoms. The summed E-state index contributed by atoms with van der Waals surface area (Å²) >= 11 is 0.992. The number of nitriles is 1. The van der Waals surface area contributed by atoms with E-state index in [2.05, 4.69) is 52.4 Å². The van der Waals surface area contributed by atoms with Gasteiger partial charge < -0.3 is 15.4 Å². The molecule has 0 saturated carbocycles. The molecule has 2 aliphatic carbocycles. The number of thiazole rings is 1. The predicted octanol–water partition coefficient (Wildman–Crippen LogP) is 12.0. The molecule has 0 fully saturated rings.